The van der Waals surface area contributed by atoms with E-state index in [9.17, 15) is 0 Å². The second kappa shape index (κ2) is 14.7. The maximum absolute atomic E-state index is 5.87. The third-order valence-corrected chi connectivity index (χ3v) is 9.79. The summed E-state index contributed by atoms with van der Waals surface area (Å²) in [6.07, 6.45) is 13.4. The molecule has 0 aromatic carbocycles. The monoisotopic (exact) mass is 587 g/mol. The quantitative estimate of drug-likeness (QED) is 0.273. The first-order valence-corrected chi connectivity index (χ1v) is 16.0. The van der Waals surface area contributed by atoms with Crippen LogP contribution in [0.2, 0.25) is 5.02 Å². The predicted octanol–water partition coefficient (Wildman–Crippen LogP) is 6.74. The van der Waals surface area contributed by atoms with Gasteiger partial charge >= 0.3 is 0 Å². The molecule has 2 aliphatic carbocycles. The van der Waals surface area contributed by atoms with Gasteiger partial charge in [-0.1, -0.05) is 11.6 Å². The second-order valence-corrected chi connectivity index (χ2v) is 13.1. The maximum atomic E-state index is 5.87. The highest BCUT2D eigenvalue weighted by Gasteiger charge is 2.23. The molecule has 4 aromatic rings. The van der Waals surface area contributed by atoms with E-state index in [0.29, 0.717) is 12.1 Å². The zero-order chi connectivity index (χ0) is 27.8. The number of hydrogen-bond acceptors (Lipinski definition) is 9. The number of anilines is 1. The highest BCUT2D eigenvalue weighted by atomic mass is 35.5. The van der Waals surface area contributed by atoms with Crippen LogP contribution in [0, 0.1) is 0 Å². The van der Waals surface area contributed by atoms with Crippen LogP contribution in [0.3, 0.4) is 0 Å². The summed E-state index contributed by atoms with van der Waals surface area (Å²) >= 11 is 9.14. The van der Waals surface area contributed by atoms with Crippen LogP contribution in [-0.4, -0.2) is 77.1 Å². The Kier molecular flexibility index (Phi) is 11.3. The smallest absolute Gasteiger partial charge is 0.138 e. The van der Waals surface area contributed by atoms with E-state index in [1.807, 2.05) is 11.4 Å². The number of hydrogen-bond donors (Lipinski definition) is 2. The van der Waals surface area contributed by atoms with Crippen LogP contribution in [0.1, 0.15) is 51.4 Å². The van der Waals surface area contributed by atoms with Gasteiger partial charge in [-0.2, -0.15) is 0 Å². The number of aromatic nitrogens is 3. The van der Waals surface area contributed by atoms with Gasteiger partial charge in [-0.25, -0.2) is 15.0 Å². The Bertz CT molecular complexity index is 1270. The fourth-order valence-electron chi connectivity index (χ4n) is 5.30. The number of nitrogens with one attached hydrogen (secondary N) is 1. The van der Waals surface area contributed by atoms with E-state index >= 15 is 0 Å². The number of nitrogens with two attached hydrogens (primary N) is 1. The standard InChI is InChI=1S/C14H20N4S.C8H18N2.C7H4ClNS/c1-18(2)11-5-3-10(4-6-11)17-13-12-7-8-19-14(12)16-9-15-13;1-10(2)8-5-3-7(9)4-6-8;8-6-1-3-9-7-5(6)2-4-10-7/h7-11H,3-6H2,1-2H3,(H,15,16,17);7-8H,3-6,9H2,1-2H3;1-4H. The predicted molar refractivity (Wildman–Crippen MR) is 169 cm³/mol. The lowest BCUT2D eigenvalue weighted by molar-refractivity contribution is 0.217. The summed E-state index contributed by atoms with van der Waals surface area (Å²) in [4.78, 5) is 19.6. The molecule has 212 valence electrons. The van der Waals surface area contributed by atoms with Gasteiger partial charge in [-0.3, -0.25) is 0 Å². The van der Waals surface area contributed by atoms with Crippen LogP contribution >= 0.6 is 34.3 Å². The first-order chi connectivity index (χ1) is 18.8. The Morgan fingerprint density at radius 3 is 1.92 bits per heavy atom. The minimum absolute atomic E-state index is 0.483. The van der Waals surface area contributed by atoms with E-state index in [0.717, 1.165) is 43.4 Å². The largest absolute Gasteiger partial charge is 0.367 e. The van der Waals surface area contributed by atoms with Crippen molar-refractivity contribution in [1.82, 2.24) is 24.8 Å². The lowest BCUT2D eigenvalue weighted by Gasteiger charge is -2.33. The van der Waals surface area contributed by atoms with Crippen LogP contribution in [0.5, 0.6) is 0 Å². The van der Waals surface area contributed by atoms with E-state index < -0.39 is 0 Å². The zero-order valence-corrected chi connectivity index (χ0v) is 25.9. The molecule has 0 spiro atoms. The topological polar surface area (TPSA) is 83.2 Å². The molecule has 0 aliphatic heterocycles. The number of rotatable bonds is 4. The summed E-state index contributed by atoms with van der Waals surface area (Å²) in [7, 11) is 8.67. The third kappa shape index (κ3) is 8.55. The van der Waals surface area contributed by atoms with Gasteiger partial charge in [0.25, 0.3) is 0 Å². The maximum Gasteiger partial charge on any atom is 0.138 e. The van der Waals surface area contributed by atoms with Crippen molar-refractivity contribution < 1.29 is 0 Å². The van der Waals surface area contributed by atoms with E-state index in [1.165, 1.54) is 51.4 Å². The molecule has 2 saturated carbocycles. The summed E-state index contributed by atoms with van der Waals surface area (Å²) < 4.78 is 0. The molecule has 0 unspecified atom stereocenters. The summed E-state index contributed by atoms with van der Waals surface area (Å²) in [5, 5.41) is 10.7. The first kappa shape index (κ1) is 30.1. The van der Waals surface area contributed by atoms with Crippen LogP contribution in [0.25, 0.3) is 20.4 Å². The molecule has 3 N–H and O–H groups in total. The molecular weight excluding hydrogens is 546 g/mol. The molecule has 39 heavy (non-hydrogen) atoms. The molecule has 0 amide bonds. The van der Waals surface area contributed by atoms with Gasteiger partial charge < -0.3 is 20.9 Å². The minimum Gasteiger partial charge on any atom is -0.367 e. The van der Waals surface area contributed by atoms with Crippen molar-refractivity contribution in [2.24, 2.45) is 5.73 Å². The number of nitrogens with zero attached hydrogens (tertiary/aromatic N) is 5. The van der Waals surface area contributed by atoms with Gasteiger partial charge in [-0.05, 0) is 109 Å². The highest BCUT2D eigenvalue weighted by Crippen LogP contribution is 2.28. The number of pyridine rings is 1. The normalized spacial score (nSPS) is 23.3. The summed E-state index contributed by atoms with van der Waals surface area (Å²) in [6.45, 7) is 0. The SMILES string of the molecule is CN(C)C1CCC(N)CC1.CN(C)C1CCC(Nc2ncnc3sccc23)CC1.Clc1ccnc2sccc12. The molecule has 4 heterocycles. The zero-order valence-electron chi connectivity index (χ0n) is 23.5. The molecule has 4 aromatic heterocycles. The molecule has 2 fully saturated rings. The molecule has 2 aliphatic rings. The van der Waals surface area contributed by atoms with Crippen molar-refractivity contribution in [3.05, 3.63) is 46.5 Å². The summed E-state index contributed by atoms with van der Waals surface area (Å²) in [5.41, 5.74) is 5.78. The van der Waals surface area contributed by atoms with Crippen LogP contribution in [-0.2, 0) is 0 Å². The fraction of sp³-hybridized carbons (Fsp3) is 0.552. The second-order valence-electron chi connectivity index (χ2n) is 10.9. The van der Waals surface area contributed by atoms with Gasteiger partial charge in [-0.15, -0.1) is 22.7 Å². The lowest BCUT2D eigenvalue weighted by atomic mass is 9.90. The molecular formula is C29H42ClN7S2. The van der Waals surface area contributed by atoms with E-state index in [-0.39, 0.29) is 0 Å². The van der Waals surface area contributed by atoms with Crippen molar-refractivity contribution in [3.63, 3.8) is 0 Å². The van der Waals surface area contributed by atoms with Gasteiger partial charge in [0.2, 0.25) is 0 Å². The van der Waals surface area contributed by atoms with E-state index in [4.69, 9.17) is 17.3 Å². The molecule has 6 rings (SSSR count). The van der Waals surface area contributed by atoms with Crippen molar-refractivity contribution in [3.8, 4) is 0 Å². The van der Waals surface area contributed by atoms with Crippen LogP contribution in [0.15, 0.2) is 41.5 Å². The first-order valence-electron chi connectivity index (χ1n) is 13.8. The van der Waals surface area contributed by atoms with E-state index in [1.54, 1.807) is 41.3 Å². The highest BCUT2D eigenvalue weighted by molar-refractivity contribution is 7.17. The lowest BCUT2D eigenvalue weighted by Crippen LogP contribution is -2.36. The molecule has 0 atom stereocenters. The Labute approximate surface area is 245 Å². The number of thiophene rings is 2. The van der Waals surface area contributed by atoms with Crippen LogP contribution < -0.4 is 11.1 Å². The molecule has 0 saturated heterocycles. The summed E-state index contributed by atoms with van der Waals surface area (Å²) in [6, 6.07) is 8.45. The van der Waals surface area contributed by atoms with Gasteiger partial charge in [0.15, 0.2) is 0 Å². The Hall–Kier alpha value is -1.88. The van der Waals surface area contributed by atoms with Crippen molar-refractivity contribution in [2.75, 3.05) is 33.5 Å². The van der Waals surface area contributed by atoms with Crippen LogP contribution in [0.4, 0.5) is 5.82 Å². The Balaban J connectivity index is 0.000000149. The van der Waals surface area contributed by atoms with Crippen molar-refractivity contribution in [2.45, 2.75) is 75.5 Å². The average molecular weight is 588 g/mol. The average Bonchev–Trinajstić information content (AvgIpc) is 3.61. The minimum atomic E-state index is 0.483. The summed E-state index contributed by atoms with van der Waals surface area (Å²) in [5.74, 6) is 1.000. The molecule has 0 radical (unpaired) electrons. The molecule has 0 bridgehead atoms. The Morgan fingerprint density at radius 2 is 1.33 bits per heavy atom. The van der Waals surface area contributed by atoms with Gasteiger partial charge in [0.1, 0.15) is 21.8 Å². The Morgan fingerprint density at radius 1 is 0.769 bits per heavy atom. The number of fused-ring (bicyclic) bond motifs is 2. The van der Waals surface area contributed by atoms with E-state index in [2.05, 4.69) is 69.7 Å². The molecule has 10 heteroatoms. The fourth-order valence-corrected chi connectivity index (χ4v) is 7.05. The molecule has 7 nitrogen and oxygen atoms in total. The number of halogens is 1. The van der Waals surface area contributed by atoms with Crippen molar-refractivity contribution >= 4 is 60.5 Å². The third-order valence-electron chi connectivity index (χ3n) is 7.82. The van der Waals surface area contributed by atoms with Gasteiger partial charge in [0, 0.05) is 35.8 Å². The van der Waals surface area contributed by atoms with Gasteiger partial charge in [0.05, 0.1) is 10.4 Å². The van der Waals surface area contributed by atoms with Crippen molar-refractivity contribution in [1.29, 1.82) is 0 Å².